The van der Waals surface area contributed by atoms with Gasteiger partial charge in [0.2, 0.25) is 17.6 Å². The molecule has 29 heavy (non-hydrogen) atoms. The fraction of sp³-hybridized carbons (Fsp3) is 0.450. The molecule has 0 bridgehead atoms. The Morgan fingerprint density at radius 1 is 1.24 bits per heavy atom. The highest BCUT2D eigenvalue weighted by Gasteiger charge is 2.31. The molecular formula is C20H24N4O5. The molecule has 0 amide bonds. The number of rotatable bonds is 9. The maximum absolute atomic E-state index is 9.17. The van der Waals surface area contributed by atoms with Gasteiger partial charge < -0.3 is 23.5 Å². The van der Waals surface area contributed by atoms with Crippen molar-refractivity contribution in [1.82, 2.24) is 20.0 Å². The Balaban J connectivity index is 1.46. The quantitative estimate of drug-likeness (QED) is 0.542. The SMILES string of the molecule is COCCOc1cc(-c2noc([C@@H]3CCCN3Cc3ccc(CO)o3)n2)ccn1. The summed E-state index contributed by atoms with van der Waals surface area (Å²) in [6, 6.07) is 7.33. The van der Waals surface area contributed by atoms with Crippen LogP contribution in [0.25, 0.3) is 11.4 Å². The van der Waals surface area contributed by atoms with Crippen LogP contribution < -0.4 is 4.74 Å². The van der Waals surface area contributed by atoms with E-state index in [0.717, 1.165) is 30.7 Å². The lowest BCUT2D eigenvalue weighted by Crippen LogP contribution is -2.22. The highest BCUT2D eigenvalue weighted by Crippen LogP contribution is 2.33. The van der Waals surface area contributed by atoms with Crippen molar-refractivity contribution >= 4 is 0 Å². The maximum atomic E-state index is 9.17. The molecule has 1 atom stereocenters. The molecule has 4 rings (SSSR count). The van der Waals surface area contributed by atoms with Gasteiger partial charge >= 0.3 is 0 Å². The molecule has 1 aliphatic heterocycles. The predicted molar refractivity (Wildman–Crippen MR) is 102 cm³/mol. The average Bonchev–Trinajstić information content (AvgIpc) is 3.49. The lowest BCUT2D eigenvalue weighted by atomic mass is 10.2. The summed E-state index contributed by atoms with van der Waals surface area (Å²) < 4.78 is 21.7. The fourth-order valence-corrected chi connectivity index (χ4v) is 3.43. The second-order valence-electron chi connectivity index (χ2n) is 6.83. The molecule has 4 heterocycles. The number of ether oxygens (including phenoxy) is 2. The first-order valence-corrected chi connectivity index (χ1v) is 9.61. The molecule has 3 aromatic heterocycles. The van der Waals surface area contributed by atoms with Crippen LogP contribution in [0.2, 0.25) is 0 Å². The van der Waals surface area contributed by atoms with Crippen LogP contribution in [0.4, 0.5) is 0 Å². The number of aliphatic hydroxyl groups is 1. The van der Waals surface area contributed by atoms with Crippen LogP contribution in [0.3, 0.4) is 0 Å². The summed E-state index contributed by atoms with van der Waals surface area (Å²) in [5, 5.41) is 13.3. The number of hydrogen-bond acceptors (Lipinski definition) is 9. The summed E-state index contributed by atoms with van der Waals surface area (Å²) in [4.78, 5) is 11.1. The van der Waals surface area contributed by atoms with E-state index in [0.29, 0.717) is 43.1 Å². The van der Waals surface area contributed by atoms with Crippen LogP contribution >= 0.6 is 0 Å². The van der Waals surface area contributed by atoms with Crippen molar-refractivity contribution in [3.05, 3.63) is 47.9 Å². The second kappa shape index (κ2) is 9.17. The average molecular weight is 400 g/mol. The largest absolute Gasteiger partial charge is 0.475 e. The topological polar surface area (TPSA) is 107 Å². The van der Waals surface area contributed by atoms with Gasteiger partial charge in [0.1, 0.15) is 24.7 Å². The number of hydrogen-bond donors (Lipinski definition) is 1. The summed E-state index contributed by atoms with van der Waals surface area (Å²) in [6.07, 6.45) is 3.64. The molecule has 0 unspecified atom stereocenters. The number of furan rings is 1. The van der Waals surface area contributed by atoms with E-state index in [2.05, 4.69) is 20.0 Å². The normalized spacial score (nSPS) is 17.1. The van der Waals surface area contributed by atoms with Gasteiger partial charge in [-0.05, 0) is 37.6 Å². The molecule has 0 radical (unpaired) electrons. The Kier molecular flexibility index (Phi) is 6.18. The maximum Gasteiger partial charge on any atom is 0.244 e. The smallest absolute Gasteiger partial charge is 0.244 e. The Hall–Kier alpha value is -2.75. The van der Waals surface area contributed by atoms with E-state index in [-0.39, 0.29) is 12.6 Å². The van der Waals surface area contributed by atoms with Crippen molar-refractivity contribution in [3.8, 4) is 17.3 Å². The number of pyridine rings is 1. The van der Waals surface area contributed by atoms with Gasteiger partial charge in [-0.2, -0.15) is 4.98 Å². The van der Waals surface area contributed by atoms with E-state index in [4.69, 9.17) is 18.4 Å². The van der Waals surface area contributed by atoms with E-state index < -0.39 is 0 Å². The first-order chi connectivity index (χ1) is 14.3. The van der Waals surface area contributed by atoms with Gasteiger partial charge in [0.25, 0.3) is 0 Å². The Morgan fingerprint density at radius 2 is 2.14 bits per heavy atom. The molecule has 0 spiro atoms. The molecular weight excluding hydrogens is 376 g/mol. The third kappa shape index (κ3) is 4.64. The van der Waals surface area contributed by atoms with E-state index in [1.807, 2.05) is 12.1 Å². The van der Waals surface area contributed by atoms with Crippen molar-refractivity contribution in [2.24, 2.45) is 0 Å². The lowest BCUT2D eigenvalue weighted by molar-refractivity contribution is 0.144. The first kappa shape index (κ1) is 19.6. The van der Waals surface area contributed by atoms with Gasteiger partial charge in [-0.25, -0.2) is 4.98 Å². The van der Waals surface area contributed by atoms with E-state index >= 15 is 0 Å². The van der Waals surface area contributed by atoms with Gasteiger partial charge in [0.15, 0.2) is 0 Å². The van der Waals surface area contributed by atoms with E-state index in [1.54, 1.807) is 25.4 Å². The molecule has 9 nitrogen and oxygen atoms in total. The molecule has 154 valence electrons. The summed E-state index contributed by atoms with van der Waals surface area (Å²) in [7, 11) is 1.62. The Morgan fingerprint density at radius 3 is 2.97 bits per heavy atom. The number of aromatic nitrogens is 3. The number of nitrogens with zero attached hydrogens (tertiary/aromatic N) is 4. The van der Waals surface area contributed by atoms with Gasteiger partial charge in [-0.3, -0.25) is 4.90 Å². The van der Waals surface area contributed by atoms with Crippen molar-refractivity contribution < 1.29 is 23.5 Å². The standard InChI is InChI=1S/C20H24N4O5/c1-26-9-10-27-18-11-14(6-7-21-18)19-22-20(29-23-19)17-3-2-8-24(17)12-15-4-5-16(13-25)28-15/h4-7,11,17,25H,2-3,8-10,12-13H2,1H3/t17-/m0/s1. The van der Waals surface area contributed by atoms with Crippen LogP contribution in [0.15, 0.2) is 39.4 Å². The minimum absolute atomic E-state index is 0.0400. The summed E-state index contributed by atoms with van der Waals surface area (Å²) in [6.45, 7) is 2.37. The fourth-order valence-electron chi connectivity index (χ4n) is 3.43. The van der Waals surface area contributed by atoms with Crippen molar-refractivity contribution in [2.45, 2.75) is 32.0 Å². The first-order valence-electron chi connectivity index (χ1n) is 9.61. The Bertz CT molecular complexity index is 925. The minimum atomic E-state index is -0.0977. The zero-order valence-electron chi connectivity index (χ0n) is 16.3. The molecule has 0 saturated carbocycles. The third-order valence-corrected chi connectivity index (χ3v) is 4.85. The van der Waals surface area contributed by atoms with Crippen molar-refractivity contribution in [1.29, 1.82) is 0 Å². The molecule has 1 saturated heterocycles. The molecule has 9 heteroatoms. The van der Waals surface area contributed by atoms with Crippen LogP contribution in [0.5, 0.6) is 5.88 Å². The highest BCUT2D eigenvalue weighted by atomic mass is 16.5. The van der Waals surface area contributed by atoms with Crippen molar-refractivity contribution in [2.75, 3.05) is 26.9 Å². The monoisotopic (exact) mass is 400 g/mol. The zero-order chi connectivity index (χ0) is 20.1. The summed E-state index contributed by atoms with van der Waals surface area (Å²) in [5.41, 5.74) is 0.783. The molecule has 1 N–H and O–H groups in total. The van der Waals surface area contributed by atoms with Crippen LogP contribution in [0.1, 0.15) is 36.3 Å². The van der Waals surface area contributed by atoms with Crippen LogP contribution in [-0.2, 0) is 17.9 Å². The summed E-state index contributed by atoms with van der Waals surface area (Å²) >= 11 is 0. The molecule has 0 aromatic carbocycles. The lowest BCUT2D eigenvalue weighted by Gasteiger charge is -2.19. The molecule has 1 aliphatic rings. The van der Waals surface area contributed by atoms with Gasteiger partial charge in [0.05, 0.1) is 19.2 Å². The highest BCUT2D eigenvalue weighted by molar-refractivity contribution is 5.55. The van der Waals surface area contributed by atoms with Gasteiger partial charge in [-0.1, -0.05) is 5.16 Å². The zero-order valence-corrected chi connectivity index (χ0v) is 16.3. The second-order valence-corrected chi connectivity index (χ2v) is 6.83. The van der Waals surface area contributed by atoms with Gasteiger partial charge in [-0.15, -0.1) is 0 Å². The van der Waals surface area contributed by atoms with E-state index in [9.17, 15) is 5.11 Å². The molecule has 0 aliphatic carbocycles. The molecule has 1 fully saturated rings. The van der Waals surface area contributed by atoms with Crippen LogP contribution in [-0.4, -0.2) is 52.0 Å². The number of methoxy groups -OCH3 is 1. The molecule has 3 aromatic rings. The number of aliphatic hydroxyl groups excluding tert-OH is 1. The predicted octanol–water partition coefficient (Wildman–Crippen LogP) is 2.58. The minimum Gasteiger partial charge on any atom is -0.475 e. The van der Waals surface area contributed by atoms with Gasteiger partial charge in [0, 0.05) is 24.9 Å². The third-order valence-electron chi connectivity index (χ3n) is 4.85. The summed E-state index contributed by atoms with van der Waals surface area (Å²) in [5.74, 6) is 2.96. The Labute approximate surface area is 168 Å². The van der Waals surface area contributed by atoms with Crippen molar-refractivity contribution in [3.63, 3.8) is 0 Å². The van der Waals surface area contributed by atoms with E-state index in [1.165, 1.54) is 0 Å². The number of likely N-dealkylation sites (tertiary alicyclic amines) is 1. The van der Waals surface area contributed by atoms with Crippen LogP contribution in [0, 0.1) is 0 Å².